The van der Waals surface area contributed by atoms with E-state index < -0.39 is 5.60 Å². The molecule has 2 aliphatic heterocycles. The molecule has 11 heteroatoms. The Hall–Kier alpha value is -3.85. The van der Waals surface area contributed by atoms with E-state index in [2.05, 4.69) is 61.2 Å². The largest absolute Gasteiger partial charge is 0.493 e. The van der Waals surface area contributed by atoms with Crippen LogP contribution in [0.4, 0.5) is 10.5 Å². The average molecular weight is 591 g/mol. The van der Waals surface area contributed by atoms with Gasteiger partial charge in [0.05, 0.1) is 25.3 Å². The number of carbonyl (C=O) groups excluding carboxylic acids is 1. The summed E-state index contributed by atoms with van der Waals surface area (Å²) in [7, 11) is 2.72. The van der Waals surface area contributed by atoms with Gasteiger partial charge in [0.2, 0.25) is 0 Å². The first-order chi connectivity index (χ1) is 20.3. The lowest BCUT2D eigenvalue weighted by Gasteiger charge is -2.37. The third kappa shape index (κ3) is 6.46. The van der Waals surface area contributed by atoms with Crippen molar-refractivity contribution in [1.82, 2.24) is 10.4 Å². The number of nitrogens with two attached hydrogens (primary N) is 2. The van der Waals surface area contributed by atoms with Crippen molar-refractivity contribution in [2.75, 3.05) is 37.7 Å². The highest BCUT2D eigenvalue weighted by Crippen LogP contribution is 2.41. The number of amides is 1. The molecule has 3 aromatic rings. The molecule has 10 nitrogen and oxygen atoms in total. The summed E-state index contributed by atoms with van der Waals surface area (Å²) >= 11 is 0. The van der Waals surface area contributed by atoms with Crippen molar-refractivity contribution in [3.8, 4) is 22.6 Å². The van der Waals surface area contributed by atoms with E-state index in [1.54, 1.807) is 4.90 Å². The zero-order valence-electron chi connectivity index (χ0n) is 24.1. The van der Waals surface area contributed by atoms with E-state index >= 15 is 0 Å². The second-order valence-corrected chi connectivity index (χ2v) is 11.2. The Morgan fingerprint density at radius 3 is 2.21 bits per heavy atom. The number of likely N-dealkylation sites (tertiary alicyclic amines) is 1. The third-order valence-corrected chi connectivity index (χ3v) is 8.11. The molecule has 1 atom stereocenters. The number of amidine groups is 1. The first-order valence-corrected chi connectivity index (χ1v) is 14.8. The van der Waals surface area contributed by atoms with Gasteiger partial charge in [-0.2, -0.15) is 0 Å². The lowest BCUT2D eigenvalue weighted by atomic mass is 9.91. The number of hydrazone groups is 1. The van der Waals surface area contributed by atoms with E-state index in [4.69, 9.17) is 25.8 Å². The van der Waals surface area contributed by atoms with Gasteiger partial charge in [-0.25, -0.2) is 16.2 Å². The molecule has 0 saturated carbocycles. The molecule has 5 N–H and O–H groups in total. The monoisotopic (exact) mass is 590 g/mol. The Morgan fingerprint density at radius 2 is 1.64 bits per heavy atom. The minimum absolute atomic E-state index is 0.266. The van der Waals surface area contributed by atoms with E-state index in [0.717, 1.165) is 71.7 Å². The summed E-state index contributed by atoms with van der Waals surface area (Å²) in [5.41, 5.74) is 12.2. The highest BCUT2D eigenvalue weighted by Gasteiger charge is 2.47. The van der Waals surface area contributed by atoms with Gasteiger partial charge in [-0.1, -0.05) is 24.3 Å². The summed E-state index contributed by atoms with van der Waals surface area (Å²) in [5.74, 6) is 7.12. The lowest BCUT2D eigenvalue weighted by molar-refractivity contribution is -0.00100. The van der Waals surface area contributed by atoms with Crippen molar-refractivity contribution in [3.63, 3.8) is 0 Å². The third-order valence-electron chi connectivity index (χ3n) is 7.73. The maximum absolute atomic E-state index is 12.9. The van der Waals surface area contributed by atoms with Gasteiger partial charge in [-0.15, -0.1) is 14.3 Å². The van der Waals surface area contributed by atoms with Gasteiger partial charge in [-0.3, -0.25) is 9.80 Å². The van der Waals surface area contributed by atoms with Crippen molar-refractivity contribution in [2.24, 2.45) is 16.7 Å². The van der Waals surface area contributed by atoms with E-state index in [1.807, 2.05) is 38.1 Å². The average Bonchev–Trinajstić information content (AvgIpc) is 3.31. The van der Waals surface area contributed by atoms with Crippen molar-refractivity contribution in [3.05, 3.63) is 71.8 Å². The van der Waals surface area contributed by atoms with Crippen molar-refractivity contribution in [2.45, 2.75) is 38.8 Å². The van der Waals surface area contributed by atoms with E-state index in [9.17, 15) is 4.79 Å². The Bertz CT molecular complexity index is 1400. The highest BCUT2D eigenvalue weighted by atomic mass is 31.0. The van der Waals surface area contributed by atoms with Gasteiger partial charge in [0, 0.05) is 43.7 Å². The number of nitrogens with zero attached hydrogens (tertiary/aromatic N) is 3. The fourth-order valence-corrected chi connectivity index (χ4v) is 5.81. The Kier molecular flexibility index (Phi) is 9.16. The van der Waals surface area contributed by atoms with E-state index in [1.165, 1.54) is 0 Å². The summed E-state index contributed by atoms with van der Waals surface area (Å²) in [6, 6.07) is 19.9. The van der Waals surface area contributed by atoms with Crippen LogP contribution in [0.5, 0.6) is 11.5 Å². The molecule has 1 unspecified atom stereocenters. The molecule has 2 heterocycles. The first-order valence-electron chi connectivity index (χ1n) is 14.2. The van der Waals surface area contributed by atoms with Crippen LogP contribution in [0, 0.1) is 0 Å². The maximum Gasteiger partial charge on any atom is 0.415 e. The molecule has 1 spiro atoms. The number of hydrogen-bond donors (Lipinski definition) is 3. The second-order valence-electron chi connectivity index (χ2n) is 10.5. The summed E-state index contributed by atoms with van der Waals surface area (Å²) < 4.78 is 18.2. The van der Waals surface area contributed by atoms with Crippen LogP contribution in [0.25, 0.3) is 11.1 Å². The first kappa shape index (κ1) is 29.6. The van der Waals surface area contributed by atoms with Gasteiger partial charge in [0.1, 0.15) is 17.1 Å². The predicted molar refractivity (Wildman–Crippen MR) is 169 cm³/mol. The summed E-state index contributed by atoms with van der Waals surface area (Å²) in [5, 5.41) is 4.91. The van der Waals surface area contributed by atoms with Crippen molar-refractivity contribution >= 4 is 32.2 Å². The molecular weight excluding hydrogens is 551 g/mol. The van der Waals surface area contributed by atoms with Crippen LogP contribution < -0.4 is 36.8 Å². The molecule has 0 aromatic heterocycles. The van der Waals surface area contributed by atoms with Crippen molar-refractivity contribution in [1.29, 1.82) is 0 Å². The quantitative estimate of drug-likeness (QED) is 0.107. The fourth-order valence-electron chi connectivity index (χ4n) is 5.61. The standard InChI is InChI=1S/C31H39N6O4P/c1-3-39-26-17-21(18-27(40-4-2)28(26)22-7-11-25(42)12-8-22)19-36-15-13-31(14-16-36)20-37(30(38)41-31)24-9-5-23(6-10-24)29(32)34-35-33/h5-12,17-18,35H,3-4,13-16,19-20,33,42H2,1-2H3,(H2,32,34). The zero-order chi connectivity index (χ0) is 29.7. The molecule has 0 radical (unpaired) electrons. The molecule has 0 aliphatic carbocycles. The number of piperidine rings is 1. The molecule has 2 fully saturated rings. The van der Waals surface area contributed by atoms with Gasteiger partial charge in [0.25, 0.3) is 0 Å². The molecule has 222 valence electrons. The number of benzene rings is 3. The van der Waals surface area contributed by atoms with Crippen LogP contribution in [0.2, 0.25) is 0 Å². The van der Waals surface area contributed by atoms with Crippen LogP contribution in [-0.4, -0.2) is 55.3 Å². The van der Waals surface area contributed by atoms with E-state index in [-0.39, 0.29) is 11.9 Å². The number of carbonyl (C=O) groups is 1. The van der Waals surface area contributed by atoms with Crippen LogP contribution in [0.15, 0.2) is 65.8 Å². The fraction of sp³-hybridized carbons (Fsp3) is 0.355. The van der Waals surface area contributed by atoms with Gasteiger partial charge < -0.3 is 19.9 Å². The smallest absolute Gasteiger partial charge is 0.415 e. The minimum Gasteiger partial charge on any atom is -0.493 e. The van der Waals surface area contributed by atoms with Gasteiger partial charge in [-0.05, 0) is 66.7 Å². The normalized spacial score (nSPS) is 16.9. The number of hydrazine groups is 1. The summed E-state index contributed by atoms with van der Waals surface area (Å²) in [4.78, 5) is 17.0. The number of nitrogens with one attached hydrogen (secondary N) is 1. The van der Waals surface area contributed by atoms with Crippen LogP contribution in [0.3, 0.4) is 0 Å². The van der Waals surface area contributed by atoms with Gasteiger partial charge in [0.15, 0.2) is 5.84 Å². The second kappa shape index (κ2) is 13.0. The number of ether oxygens (including phenoxy) is 3. The van der Waals surface area contributed by atoms with Crippen LogP contribution in [0.1, 0.15) is 37.8 Å². The molecule has 5 rings (SSSR count). The van der Waals surface area contributed by atoms with E-state index in [0.29, 0.717) is 25.3 Å². The SMILES string of the molecule is CCOc1cc(CN2CCC3(CC2)CN(c2ccc(/C(N)=N/NN)cc2)C(=O)O3)cc(OCC)c1-c1ccc(P)cc1. The number of hydrogen-bond acceptors (Lipinski definition) is 8. The molecular formula is C31H39N6O4P. The zero-order valence-corrected chi connectivity index (χ0v) is 25.3. The molecule has 42 heavy (non-hydrogen) atoms. The molecule has 2 aliphatic rings. The Labute approximate surface area is 249 Å². The number of anilines is 1. The molecule has 1 amide bonds. The van der Waals surface area contributed by atoms with Crippen LogP contribution in [-0.2, 0) is 11.3 Å². The van der Waals surface area contributed by atoms with Gasteiger partial charge >= 0.3 is 6.09 Å². The summed E-state index contributed by atoms with van der Waals surface area (Å²) in [6.07, 6.45) is 1.19. The van der Waals surface area contributed by atoms with Crippen LogP contribution >= 0.6 is 9.24 Å². The lowest BCUT2D eigenvalue weighted by Crippen LogP contribution is -2.46. The van der Waals surface area contributed by atoms with Crippen molar-refractivity contribution < 1.29 is 19.0 Å². The Balaban J connectivity index is 1.27. The number of rotatable bonds is 10. The predicted octanol–water partition coefficient (Wildman–Crippen LogP) is 3.73. The minimum atomic E-state index is -0.503. The maximum atomic E-state index is 12.9. The highest BCUT2D eigenvalue weighted by molar-refractivity contribution is 7.27. The molecule has 3 aromatic carbocycles. The Morgan fingerprint density at radius 1 is 1.02 bits per heavy atom. The molecule has 2 saturated heterocycles. The molecule has 0 bridgehead atoms. The topological polar surface area (TPSA) is 128 Å². The summed E-state index contributed by atoms with van der Waals surface area (Å²) in [6.45, 7) is 8.00.